The van der Waals surface area contributed by atoms with Crippen molar-refractivity contribution in [2.45, 2.75) is 20.0 Å². The molecule has 0 heterocycles. The fraction of sp³-hybridized carbons (Fsp3) is 0.500. The number of benzene rings is 1. The third kappa shape index (κ3) is 5.09. The van der Waals surface area contributed by atoms with Crippen LogP contribution in [0.5, 0.6) is 5.75 Å². The van der Waals surface area contributed by atoms with Crippen LogP contribution in [-0.4, -0.2) is 29.3 Å². The summed E-state index contributed by atoms with van der Waals surface area (Å²) in [5.41, 5.74) is 1.21. The standard InChI is InChI=1S/C12H18O2S/c1-3-15-9-11(13)8-14-12-6-4-10(2)5-7-12/h4-7,11,13H,3,8-9H2,1-2H3. The van der Waals surface area contributed by atoms with Crippen LogP contribution in [0.15, 0.2) is 24.3 Å². The summed E-state index contributed by atoms with van der Waals surface area (Å²) < 4.78 is 5.46. The molecule has 2 nitrogen and oxygen atoms in total. The molecule has 0 fully saturated rings. The van der Waals surface area contributed by atoms with Crippen molar-refractivity contribution in [3.63, 3.8) is 0 Å². The van der Waals surface area contributed by atoms with Gasteiger partial charge in [-0.3, -0.25) is 0 Å². The maximum atomic E-state index is 9.55. The van der Waals surface area contributed by atoms with Gasteiger partial charge in [0.1, 0.15) is 12.4 Å². The van der Waals surface area contributed by atoms with E-state index < -0.39 is 0 Å². The molecule has 1 aromatic carbocycles. The Labute approximate surface area is 95.7 Å². The lowest BCUT2D eigenvalue weighted by Crippen LogP contribution is -2.20. The lowest BCUT2D eigenvalue weighted by Gasteiger charge is -2.11. The Kier molecular flexibility index (Phi) is 5.58. The highest BCUT2D eigenvalue weighted by molar-refractivity contribution is 7.99. The Morgan fingerprint density at radius 3 is 2.60 bits per heavy atom. The van der Waals surface area contributed by atoms with Gasteiger partial charge in [-0.2, -0.15) is 11.8 Å². The van der Waals surface area contributed by atoms with E-state index in [0.717, 1.165) is 17.3 Å². The zero-order chi connectivity index (χ0) is 11.1. The molecule has 1 rings (SSSR count). The topological polar surface area (TPSA) is 29.5 Å². The average molecular weight is 226 g/mol. The summed E-state index contributed by atoms with van der Waals surface area (Å²) in [6.45, 7) is 4.49. The largest absolute Gasteiger partial charge is 0.491 e. The highest BCUT2D eigenvalue weighted by atomic mass is 32.2. The molecule has 0 aliphatic rings. The molecule has 0 aromatic heterocycles. The molecular weight excluding hydrogens is 208 g/mol. The van der Waals surface area contributed by atoms with Crippen LogP contribution in [-0.2, 0) is 0 Å². The van der Waals surface area contributed by atoms with E-state index in [9.17, 15) is 5.11 Å². The van der Waals surface area contributed by atoms with Crippen molar-refractivity contribution in [1.82, 2.24) is 0 Å². The molecule has 1 unspecified atom stereocenters. The van der Waals surface area contributed by atoms with Crippen LogP contribution in [0.25, 0.3) is 0 Å². The molecule has 0 aliphatic carbocycles. The lowest BCUT2D eigenvalue weighted by molar-refractivity contribution is 0.126. The minimum Gasteiger partial charge on any atom is -0.491 e. The number of hydrogen-bond donors (Lipinski definition) is 1. The van der Waals surface area contributed by atoms with Gasteiger partial charge in [-0.05, 0) is 24.8 Å². The predicted octanol–water partition coefficient (Wildman–Crippen LogP) is 2.49. The Morgan fingerprint density at radius 1 is 1.33 bits per heavy atom. The Hall–Kier alpha value is -0.670. The van der Waals surface area contributed by atoms with E-state index in [-0.39, 0.29) is 6.10 Å². The van der Waals surface area contributed by atoms with Crippen molar-refractivity contribution in [2.75, 3.05) is 18.1 Å². The van der Waals surface area contributed by atoms with E-state index in [1.54, 1.807) is 11.8 Å². The van der Waals surface area contributed by atoms with Crippen LogP contribution >= 0.6 is 11.8 Å². The molecule has 84 valence electrons. The van der Waals surface area contributed by atoms with E-state index in [4.69, 9.17) is 4.74 Å². The van der Waals surface area contributed by atoms with Gasteiger partial charge in [-0.1, -0.05) is 24.6 Å². The second kappa shape index (κ2) is 6.75. The molecule has 1 N–H and O–H groups in total. The molecule has 0 saturated heterocycles. The van der Waals surface area contributed by atoms with Crippen molar-refractivity contribution in [1.29, 1.82) is 0 Å². The fourth-order valence-electron chi connectivity index (χ4n) is 1.13. The van der Waals surface area contributed by atoms with Gasteiger partial charge in [0.2, 0.25) is 0 Å². The van der Waals surface area contributed by atoms with Gasteiger partial charge >= 0.3 is 0 Å². The molecule has 0 amide bonds. The van der Waals surface area contributed by atoms with Crippen LogP contribution in [0.4, 0.5) is 0 Å². The summed E-state index contributed by atoms with van der Waals surface area (Å²) in [5.74, 6) is 2.59. The van der Waals surface area contributed by atoms with Gasteiger partial charge < -0.3 is 9.84 Å². The first-order chi connectivity index (χ1) is 7.22. The summed E-state index contributed by atoms with van der Waals surface area (Å²) in [5, 5.41) is 9.55. The Bertz CT molecular complexity index is 271. The number of aliphatic hydroxyl groups excluding tert-OH is 1. The molecule has 0 bridgehead atoms. The molecule has 0 aliphatic heterocycles. The molecular formula is C12H18O2S. The molecule has 0 spiro atoms. The number of rotatable bonds is 6. The molecule has 1 aromatic rings. The third-order valence-corrected chi connectivity index (χ3v) is 3.01. The highest BCUT2D eigenvalue weighted by Gasteiger charge is 2.04. The van der Waals surface area contributed by atoms with Gasteiger partial charge in [-0.15, -0.1) is 0 Å². The van der Waals surface area contributed by atoms with E-state index >= 15 is 0 Å². The van der Waals surface area contributed by atoms with Gasteiger partial charge in [0.25, 0.3) is 0 Å². The lowest BCUT2D eigenvalue weighted by atomic mass is 10.2. The summed E-state index contributed by atoms with van der Waals surface area (Å²) >= 11 is 1.72. The third-order valence-electron chi connectivity index (χ3n) is 1.98. The maximum absolute atomic E-state index is 9.55. The normalized spacial score (nSPS) is 12.5. The van der Waals surface area contributed by atoms with Crippen LogP contribution in [0.1, 0.15) is 12.5 Å². The minimum atomic E-state index is -0.378. The first-order valence-corrected chi connectivity index (χ1v) is 6.33. The van der Waals surface area contributed by atoms with Crippen molar-refractivity contribution >= 4 is 11.8 Å². The second-order valence-corrected chi connectivity index (χ2v) is 4.76. The average Bonchev–Trinajstić information content (AvgIpc) is 2.25. The molecule has 15 heavy (non-hydrogen) atoms. The quantitative estimate of drug-likeness (QED) is 0.808. The number of hydrogen-bond acceptors (Lipinski definition) is 3. The Morgan fingerprint density at radius 2 is 2.00 bits per heavy atom. The number of aryl methyl sites for hydroxylation is 1. The van der Waals surface area contributed by atoms with E-state index in [1.165, 1.54) is 5.56 Å². The van der Waals surface area contributed by atoms with Crippen LogP contribution in [0.3, 0.4) is 0 Å². The summed E-state index contributed by atoms with van der Waals surface area (Å²) in [7, 11) is 0. The molecule has 1 atom stereocenters. The number of aliphatic hydroxyl groups is 1. The highest BCUT2D eigenvalue weighted by Crippen LogP contribution is 2.12. The fourth-order valence-corrected chi connectivity index (χ4v) is 1.73. The minimum absolute atomic E-state index is 0.371. The van der Waals surface area contributed by atoms with Crippen LogP contribution in [0.2, 0.25) is 0 Å². The smallest absolute Gasteiger partial charge is 0.119 e. The summed E-state index contributed by atoms with van der Waals surface area (Å²) in [6, 6.07) is 7.86. The van der Waals surface area contributed by atoms with Gasteiger partial charge in [-0.25, -0.2) is 0 Å². The Balaban J connectivity index is 2.27. The zero-order valence-corrected chi connectivity index (χ0v) is 10.1. The van der Waals surface area contributed by atoms with Crippen LogP contribution in [0, 0.1) is 6.92 Å². The number of ether oxygens (including phenoxy) is 1. The monoisotopic (exact) mass is 226 g/mol. The van der Waals surface area contributed by atoms with E-state index in [1.807, 2.05) is 31.2 Å². The molecule has 3 heteroatoms. The van der Waals surface area contributed by atoms with E-state index in [2.05, 4.69) is 6.92 Å². The first kappa shape index (κ1) is 12.4. The van der Waals surface area contributed by atoms with Crippen molar-refractivity contribution in [2.24, 2.45) is 0 Å². The predicted molar refractivity (Wildman–Crippen MR) is 65.7 cm³/mol. The van der Waals surface area contributed by atoms with Crippen molar-refractivity contribution in [3.8, 4) is 5.75 Å². The second-order valence-electron chi connectivity index (χ2n) is 3.44. The number of thioether (sulfide) groups is 1. The van der Waals surface area contributed by atoms with Gasteiger partial charge in [0.05, 0.1) is 6.10 Å². The van der Waals surface area contributed by atoms with E-state index in [0.29, 0.717) is 6.61 Å². The van der Waals surface area contributed by atoms with Gasteiger partial charge in [0, 0.05) is 5.75 Å². The summed E-state index contributed by atoms with van der Waals surface area (Å²) in [4.78, 5) is 0. The van der Waals surface area contributed by atoms with Crippen LogP contribution < -0.4 is 4.74 Å². The van der Waals surface area contributed by atoms with Crippen molar-refractivity contribution in [3.05, 3.63) is 29.8 Å². The van der Waals surface area contributed by atoms with Crippen molar-refractivity contribution < 1.29 is 9.84 Å². The summed E-state index contributed by atoms with van der Waals surface area (Å²) in [6.07, 6.45) is -0.378. The first-order valence-electron chi connectivity index (χ1n) is 5.17. The maximum Gasteiger partial charge on any atom is 0.119 e. The molecule has 0 saturated carbocycles. The van der Waals surface area contributed by atoms with Gasteiger partial charge in [0.15, 0.2) is 0 Å². The SMILES string of the molecule is CCSCC(O)COc1ccc(C)cc1. The zero-order valence-electron chi connectivity index (χ0n) is 9.27. The molecule has 0 radical (unpaired) electrons.